The fourth-order valence-corrected chi connectivity index (χ4v) is 4.62. The van der Waals surface area contributed by atoms with Gasteiger partial charge in [0.2, 0.25) is 0 Å². The average Bonchev–Trinajstić information content (AvgIpc) is 2.28. The van der Waals surface area contributed by atoms with Crippen LogP contribution in [0.15, 0.2) is 12.2 Å². The SMILES string of the molecule is C=C(C)C(=O)OC1CCC(P(=O)=S=S)CC1. The van der Waals surface area contributed by atoms with Gasteiger partial charge in [-0.15, -0.1) is 0 Å². The highest BCUT2D eigenvalue weighted by molar-refractivity contribution is 8.32. The van der Waals surface area contributed by atoms with Crippen molar-refractivity contribution < 1.29 is 14.1 Å². The summed E-state index contributed by atoms with van der Waals surface area (Å²) in [7, 11) is 1.02. The van der Waals surface area contributed by atoms with Crippen molar-refractivity contribution >= 4 is 33.2 Å². The van der Waals surface area contributed by atoms with Crippen molar-refractivity contribution in [2.24, 2.45) is 0 Å². The summed E-state index contributed by atoms with van der Waals surface area (Å²) in [6.45, 7) is 3.85. The van der Waals surface area contributed by atoms with Gasteiger partial charge in [0.1, 0.15) is 6.10 Å². The summed E-state index contributed by atoms with van der Waals surface area (Å²) in [5.74, 6) is -0.328. The highest BCUT2D eigenvalue weighted by Crippen LogP contribution is 2.32. The van der Waals surface area contributed by atoms with Crippen molar-refractivity contribution in [1.29, 1.82) is 0 Å². The van der Waals surface area contributed by atoms with Gasteiger partial charge in [0, 0.05) is 11.2 Å². The van der Waals surface area contributed by atoms with E-state index >= 15 is 0 Å². The van der Waals surface area contributed by atoms with Crippen LogP contribution in [0.25, 0.3) is 0 Å². The lowest BCUT2D eigenvalue weighted by atomic mass is 9.97. The smallest absolute Gasteiger partial charge is 0.333 e. The van der Waals surface area contributed by atoms with Gasteiger partial charge < -0.3 is 4.74 Å². The first kappa shape index (κ1) is 13.8. The second-order valence-corrected chi connectivity index (χ2v) is 8.29. The maximum Gasteiger partial charge on any atom is 0.333 e. The van der Waals surface area contributed by atoms with E-state index in [1.807, 2.05) is 0 Å². The van der Waals surface area contributed by atoms with Crippen LogP contribution >= 0.6 is 6.58 Å². The number of carbonyl (C=O) groups is 1. The summed E-state index contributed by atoms with van der Waals surface area (Å²) in [6.07, 6.45) is 3.17. The molecule has 0 radical (unpaired) electrons. The number of hydrogen-bond donors (Lipinski definition) is 0. The van der Waals surface area contributed by atoms with E-state index in [1.165, 1.54) is 0 Å². The molecule has 0 N–H and O–H groups in total. The summed E-state index contributed by atoms with van der Waals surface area (Å²) in [5, 5.41) is 0. The maximum absolute atomic E-state index is 11.5. The number of rotatable bonds is 3. The number of carbonyl (C=O) groups excluding carboxylic acids is 1. The molecule has 0 amide bonds. The van der Waals surface area contributed by atoms with Gasteiger partial charge in [0.05, 0.1) is 0 Å². The third-order valence-corrected chi connectivity index (χ3v) is 6.55. The van der Waals surface area contributed by atoms with Gasteiger partial charge in [-0.05, 0) is 53.3 Å². The Morgan fingerprint density at radius 2 is 2.00 bits per heavy atom. The van der Waals surface area contributed by atoms with Crippen LogP contribution in [-0.2, 0) is 34.8 Å². The van der Waals surface area contributed by atoms with Gasteiger partial charge in [-0.1, -0.05) is 6.58 Å². The molecule has 0 aromatic rings. The lowest BCUT2D eigenvalue weighted by Gasteiger charge is -2.25. The van der Waals surface area contributed by atoms with Crippen LogP contribution in [0.2, 0.25) is 0 Å². The zero-order chi connectivity index (χ0) is 12.1. The Bertz CT molecular complexity index is 387. The van der Waals surface area contributed by atoms with Crippen LogP contribution in [0.1, 0.15) is 32.6 Å². The van der Waals surface area contributed by atoms with E-state index in [1.54, 1.807) is 6.92 Å². The minimum atomic E-state index is -1.32. The molecule has 0 saturated heterocycles. The standard InChI is InChI=1S/C10H15O3PS2/c1-7(2)10(11)13-8-3-5-9(6-4-8)14(12)16-15/h8-9H,1,3-6H2,2H3. The molecule has 0 aliphatic heterocycles. The fourth-order valence-electron chi connectivity index (χ4n) is 1.69. The second kappa shape index (κ2) is 6.48. The largest absolute Gasteiger partial charge is 0.459 e. The highest BCUT2D eigenvalue weighted by atomic mass is 32.9. The summed E-state index contributed by atoms with van der Waals surface area (Å²) in [5.41, 5.74) is 0.617. The molecule has 1 aliphatic carbocycles. The third kappa shape index (κ3) is 3.96. The van der Waals surface area contributed by atoms with Crippen LogP contribution < -0.4 is 0 Å². The highest BCUT2D eigenvalue weighted by Gasteiger charge is 2.25. The van der Waals surface area contributed by atoms with E-state index in [9.17, 15) is 9.36 Å². The summed E-state index contributed by atoms with van der Waals surface area (Å²) in [4.78, 5) is 11.3. The molecule has 0 bridgehead atoms. The van der Waals surface area contributed by atoms with Crippen molar-refractivity contribution in [2.45, 2.75) is 44.4 Å². The fraction of sp³-hybridized carbons (Fsp3) is 0.700. The average molecular weight is 278 g/mol. The van der Waals surface area contributed by atoms with Crippen molar-refractivity contribution in [3.63, 3.8) is 0 Å². The molecule has 0 heterocycles. The Hall–Kier alpha value is -0.250. The van der Waals surface area contributed by atoms with E-state index < -0.39 is 6.58 Å². The predicted octanol–water partition coefficient (Wildman–Crippen LogP) is 2.70. The predicted molar refractivity (Wildman–Crippen MR) is 69.3 cm³/mol. The quantitative estimate of drug-likeness (QED) is 0.452. The van der Waals surface area contributed by atoms with Crippen LogP contribution in [0.4, 0.5) is 0 Å². The van der Waals surface area contributed by atoms with E-state index in [2.05, 4.69) is 6.58 Å². The Balaban J connectivity index is 2.44. The van der Waals surface area contributed by atoms with Gasteiger partial charge in [-0.2, -0.15) is 0 Å². The summed E-state index contributed by atoms with van der Waals surface area (Å²) in [6, 6.07) is 0. The molecule has 1 saturated carbocycles. The Kier molecular flexibility index (Phi) is 5.59. The van der Waals surface area contributed by atoms with Gasteiger partial charge in [0.25, 0.3) is 0 Å². The number of ether oxygens (including phenoxy) is 1. The molecule has 16 heavy (non-hydrogen) atoms. The molecule has 0 aromatic carbocycles. The number of esters is 1. The van der Waals surface area contributed by atoms with E-state index in [0.717, 1.165) is 35.2 Å². The molecule has 1 aliphatic rings. The van der Waals surface area contributed by atoms with E-state index in [4.69, 9.17) is 15.9 Å². The number of hydrogen-bond acceptors (Lipinski definition) is 4. The van der Waals surface area contributed by atoms with Gasteiger partial charge in [-0.3, -0.25) is 4.57 Å². The maximum atomic E-state index is 11.5. The van der Waals surface area contributed by atoms with Crippen LogP contribution in [-0.4, -0.2) is 17.7 Å². The van der Waals surface area contributed by atoms with Crippen LogP contribution in [0.3, 0.4) is 0 Å². The van der Waals surface area contributed by atoms with E-state index in [0.29, 0.717) is 5.57 Å². The summed E-state index contributed by atoms with van der Waals surface area (Å²) >= 11 is 4.73. The molecular formula is C10H15O3PS2. The molecular weight excluding hydrogens is 263 g/mol. The van der Waals surface area contributed by atoms with Crippen molar-refractivity contribution in [3.8, 4) is 0 Å². The van der Waals surface area contributed by atoms with Gasteiger partial charge in [-0.25, -0.2) is 4.79 Å². The molecule has 0 spiro atoms. The van der Waals surface area contributed by atoms with Gasteiger partial charge >= 0.3 is 5.97 Å². The Morgan fingerprint density at radius 3 is 2.44 bits per heavy atom. The van der Waals surface area contributed by atoms with Gasteiger partial charge in [0.15, 0.2) is 6.58 Å². The van der Waals surface area contributed by atoms with Crippen molar-refractivity contribution in [1.82, 2.24) is 0 Å². The first-order valence-electron chi connectivity index (χ1n) is 5.17. The second-order valence-electron chi connectivity index (χ2n) is 3.98. The molecule has 3 nitrogen and oxygen atoms in total. The zero-order valence-corrected chi connectivity index (χ0v) is 11.7. The van der Waals surface area contributed by atoms with Crippen molar-refractivity contribution in [2.75, 3.05) is 0 Å². The normalized spacial score (nSPS) is 25.7. The summed E-state index contributed by atoms with van der Waals surface area (Å²) < 4.78 is 16.7. The van der Waals surface area contributed by atoms with Crippen LogP contribution in [0, 0.1) is 0 Å². The zero-order valence-electron chi connectivity index (χ0n) is 9.18. The molecule has 1 fully saturated rings. The van der Waals surface area contributed by atoms with Crippen molar-refractivity contribution in [3.05, 3.63) is 12.2 Å². The Labute approximate surface area is 104 Å². The molecule has 0 aromatic heterocycles. The molecule has 6 heteroatoms. The molecule has 1 unspecified atom stereocenters. The molecule has 90 valence electrons. The first-order valence-corrected chi connectivity index (χ1v) is 8.85. The lowest BCUT2D eigenvalue weighted by Crippen LogP contribution is -2.25. The first-order chi connectivity index (χ1) is 7.54. The molecule has 1 rings (SSSR count). The van der Waals surface area contributed by atoms with Crippen LogP contribution in [0.5, 0.6) is 0 Å². The minimum Gasteiger partial charge on any atom is -0.459 e. The Morgan fingerprint density at radius 1 is 1.44 bits per heavy atom. The monoisotopic (exact) mass is 278 g/mol. The topological polar surface area (TPSA) is 43.4 Å². The third-order valence-electron chi connectivity index (χ3n) is 2.64. The lowest BCUT2D eigenvalue weighted by molar-refractivity contribution is -0.145. The minimum absolute atomic E-state index is 0.0426. The van der Waals surface area contributed by atoms with E-state index in [-0.39, 0.29) is 17.7 Å². The molecule has 1 atom stereocenters.